The number of hydrogen-bond donors (Lipinski definition) is 0. The number of hydrogen-bond acceptors (Lipinski definition) is 4. The summed E-state index contributed by atoms with van der Waals surface area (Å²) in [4.78, 5) is 0. The van der Waals surface area contributed by atoms with Crippen molar-refractivity contribution in [2.75, 3.05) is 0 Å². The van der Waals surface area contributed by atoms with Gasteiger partial charge in [0.1, 0.15) is 0 Å². The maximum atomic E-state index is 2.36. The molecule has 0 aromatic rings. The first kappa shape index (κ1) is 16.5. The van der Waals surface area contributed by atoms with Crippen LogP contribution in [0, 0.1) is 7.69 Å². The average Bonchev–Trinajstić information content (AvgIpc) is 2.43. The fourth-order valence-electron chi connectivity index (χ4n) is 1.21. The van der Waals surface area contributed by atoms with Crippen molar-refractivity contribution in [1.82, 2.24) is 0 Å². The van der Waals surface area contributed by atoms with Crippen molar-refractivity contribution in [3.63, 3.8) is 0 Å². The van der Waals surface area contributed by atoms with Gasteiger partial charge in [0.2, 0.25) is 0 Å². The van der Waals surface area contributed by atoms with Crippen molar-refractivity contribution in [2.45, 2.75) is 23.3 Å². The molecule has 0 unspecified atom stereocenters. The quantitative estimate of drug-likeness (QED) is 0.482. The first-order valence-electron chi connectivity index (χ1n) is 4.83. The third-order valence-electron chi connectivity index (χ3n) is 1.98. The van der Waals surface area contributed by atoms with Gasteiger partial charge in [-0.3, -0.25) is 0 Å². The van der Waals surface area contributed by atoms with E-state index >= 15 is 0 Å². The molecule has 0 atom stereocenters. The monoisotopic (exact) mass is 580 g/mol. The van der Waals surface area contributed by atoms with Crippen LogP contribution in [0.1, 0.15) is 0 Å². The van der Waals surface area contributed by atoms with E-state index in [2.05, 4.69) is 68.6 Å². The van der Waals surface area contributed by atoms with Gasteiger partial charge in [0, 0.05) is 0 Å². The van der Waals surface area contributed by atoms with Crippen molar-refractivity contribution in [2.24, 2.45) is 0 Å². The Bertz CT molecular complexity index is 515. The standard InChI is InChI=1S/C10H12S4Se4/c1-15-7-8(16-2)12-6-5(11-7)13-9(17-3)10(14-6)18-4/h1-4H3. The van der Waals surface area contributed by atoms with Crippen LogP contribution in [-0.4, -0.2) is 59.8 Å². The summed E-state index contributed by atoms with van der Waals surface area (Å²) >= 11 is 11.0. The molecule has 100 valence electrons. The molecule has 2 aliphatic rings. The van der Waals surface area contributed by atoms with E-state index in [-0.39, 0.29) is 0 Å². The van der Waals surface area contributed by atoms with Crippen LogP contribution in [-0.2, 0) is 0 Å². The molecule has 2 rings (SSSR count). The molecule has 0 saturated heterocycles. The van der Waals surface area contributed by atoms with Crippen molar-refractivity contribution in [3.05, 3.63) is 7.69 Å². The molecule has 2 aliphatic heterocycles. The summed E-state index contributed by atoms with van der Waals surface area (Å²) in [6.45, 7) is 0. The topological polar surface area (TPSA) is 0 Å². The fraction of sp³-hybridized carbons (Fsp3) is 0.400. The Kier molecular flexibility index (Phi) is 7.34. The molecular formula is C10H12S4Se4. The third-order valence-corrected chi connectivity index (χ3v) is 19.7. The van der Waals surface area contributed by atoms with Crippen molar-refractivity contribution >= 4 is 120 Å². The molecule has 0 bridgehead atoms. The second-order valence-corrected chi connectivity index (χ2v) is 16.7. The van der Waals surface area contributed by atoms with Gasteiger partial charge in [0.15, 0.2) is 0 Å². The Hall–Kier alpha value is 2.18. The zero-order valence-corrected chi connectivity index (χ0v) is 20.4. The molecular weight excluding hydrogens is 564 g/mol. The summed E-state index contributed by atoms with van der Waals surface area (Å²) in [6, 6.07) is 0. The van der Waals surface area contributed by atoms with E-state index in [1.807, 2.05) is 0 Å². The molecule has 8 heteroatoms. The predicted molar refractivity (Wildman–Crippen MR) is 95.9 cm³/mol. The van der Waals surface area contributed by atoms with E-state index < -0.39 is 0 Å². The van der Waals surface area contributed by atoms with Crippen LogP contribution in [0.4, 0.5) is 0 Å². The van der Waals surface area contributed by atoms with E-state index in [0.29, 0.717) is 59.8 Å². The van der Waals surface area contributed by atoms with Crippen LogP contribution >= 0.6 is 45.3 Å². The zero-order chi connectivity index (χ0) is 13.1. The molecule has 0 aromatic heterocycles. The van der Waals surface area contributed by atoms with Crippen LogP contribution in [0.15, 0.2) is 0 Å². The van der Waals surface area contributed by atoms with Gasteiger partial charge in [-0.15, -0.1) is 0 Å². The van der Waals surface area contributed by atoms with Gasteiger partial charge in [-0.2, -0.15) is 0 Å². The van der Waals surface area contributed by atoms with Crippen LogP contribution in [0.3, 0.4) is 0 Å². The average molecular weight is 576 g/mol. The maximum absolute atomic E-state index is 2.36. The summed E-state index contributed by atoms with van der Waals surface area (Å²) in [7, 11) is 0. The van der Waals surface area contributed by atoms with Crippen molar-refractivity contribution in [1.29, 1.82) is 0 Å². The van der Waals surface area contributed by atoms with Crippen LogP contribution in [0.2, 0.25) is 23.3 Å². The van der Waals surface area contributed by atoms with Gasteiger partial charge in [-0.1, -0.05) is 0 Å². The van der Waals surface area contributed by atoms with E-state index in [9.17, 15) is 0 Å². The second-order valence-electron chi connectivity index (χ2n) is 2.95. The molecule has 0 N–H and O–H groups in total. The molecule has 0 radical (unpaired) electrons. The minimum absolute atomic E-state index is 0.657. The summed E-state index contributed by atoms with van der Waals surface area (Å²) in [5, 5.41) is 0. The SMILES string of the molecule is C[Se]c1sc2sc([Se]C)c([Se]C)sc=2sc1[Se]C. The summed E-state index contributed by atoms with van der Waals surface area (Å²) in [5.41, 5.74) is 0. The van der Waals surface area contributed by atoms with Gasteiger partial charge < -0.3 is 0 Å². The number of rotatable bonds is 4. The Balaban J connectivity index is 2.75. The fourth-order valence-corrected chi connectivity index (χ4v) is 19.2. The molecule has 18 heavy (non-hydrogen) atoms. The summed E-state index contributed by atoms with van der Waals surface area (Å²) in [5.74, 6) is 9.42. The van der Waals surface area contributed by atoms with Gasteiger partial charge in [-0.25, -0.2) is 0 Å². The van der Waals surface area contributed by atoms with Gasteiger partial charge in [-0.05, 0) is 0 Å². The third kappa shape index (κ3) is 3.68. The second kappa shape index (κ2) is 7.98. The van der Waals surface area contributed by atoms with E-state index in [0.717, 1.165) is 0 Å². The normalized spacial score (nSPS) is 11.1. The van der Waals surface area contributed by atoms with Gasteiger partial charge >= 0.3 is 151 Å². The van der Waals surface area contributed by atoms with E-state index in [4.69, 9.17) is 0 Å². The summed E-state index contributed by atoms with van der Waals surface area (Å²) < 4.78 is 9.93. The molecule has 2 heterocycles. The Morgan fingerprint density at radius 2 is 0.722 bits per heavy atom. The predicted octanol–water partition coefficient (Wildman–Crippen LogP) is 1.29. The van der Waals surface area contributed by atoms with Crippen molar-refractivity contribution in [3.8, 4) is 0 Å². The Morgan fingerprint density at radius 3 is 0.889 bits per heavy atom. The van der Waals surface area contributed by atoms with Crippen LogP contribution < -0.4 is 15.1 Å². The molecule has 0 spiro atoms. The van der Waals surface area contributed by atoms with Gasteiger partial charge in [0.25, 0.3) is 0 Å². The van der Waals surface area contributed by atoms with Crippen LogP contribution in [0.25, 0.3) is 0 Å². The molecule has 0 nitrogen and oxygen atoms in total. The summed E-state index contributed by atoms with van der Waals surface area (Å²) in [6.07, 6.45) is 0. The zero-order valence-electron chi connectivity index (χ0n) is 10.3. The Labute approximate surface area is 149 Å². The molecule has 0 aromatic carbocycles. The molecule has 0 fully saturated rings. The molecule has 0 aliphatic carbocycles. The molecule has 0 amide bonds. The molecule has 0 saturated carbocycles. The Morgan fingerprint density at radius 1 is 0.500 bits per heavy atom. The first-order chi connectivity index (χ1) is 8.73. The van der Waals surface area contributed by atoms with E-state index in [1.165, 1.54) is 0 Å². The van der Waals surface area contributed by atoms with Gasteiger partial charge in [0.05, 0.1) is 0 Å². The first-order valence-corrected chi connectivity index (χ1v) is 18.4. The van der Waals surface area contributed by atoms with E-state index in [1.54, 1.807) is 22.8 Å². The van der Waals surface area contributed by atoms with Crippen LogP contribution in [0.5, 0.6) is 0 Å². The van der Waals surface area contributed by atoms with Crippen molar-refractivity contribution < 1.29 is 0 Å². The minimum atomic E-state index is 0.657.